The first-order valence-electron chi connectivity index (χ1n) is 5.42. The van der Waals surface area contributed by atoms with Gasteiger partial charge in [0.15, 0.2) is 0 Å². The van der Waals surface area contributed by atoms with Crippen LogP contribution < -0.4 is 5.73 Å². The van der Waals surface area contributed by atoms with Crippen LogP contribution in [0.25, 0.3) is 29.6 Å². The molecule has 1 nitrogen and oxygen atoms in total. The lowest BCUT2D eigenvalue weighted by Gasteiger charge is -1.94. The Morgan fingerprint density at radius 3 is 2.44 bits per heavy atom. The molecular weight excluding hydrogens is 282 g/mol. The van der Waals surface area contributed by atoms with E-state index in [4.69, 9.17) is 5.73 Å². The molecule has 0 unspecified atom stereocenters. The van der Waals surface area contributed by atoms with Crippen molar-refractivity contribution in [3.63, 3.8) is 0 Å². The minimum absolute atomic E-state index is 0. The molecule has 4 aromatic rings. The van der Waals surface area contributed by atoms with E-state index < -0.39 is 0 Å². The highest BCUT2D eigenvalue weighted by atomic mass is 35.5. The first kappa shape index (κ1) is 11.8. The lowest BCUT2D eigenvalue weighted by Crippen LogP contribution is -1.81. The number of halogens is 1. The van der Waals surface area contributed by atoms with Gasteiger partial charge in [-0.1, -0.05) is 24.3 Å². The van der Waals surface area contributed by atoms with Crippen LogP contribution in [-0.4, -0.2) is 0 Å². The summed E-state index contributed by atoms with van der Waals surface area (Å²) >= 11 is 3.71. The highest BCUT2D eigenvalue weighted by Crippen LogP contribution is 2.44. The number of nitrogen functional groups attached to an aromatic ring is 1. The fourth-order valence-corrected chi connectivity index (χ4v) is 4.93. The van der Waals surface area contributed by atoms with Crippen molar-refractivity contribution in [2.24, 2.45) is 0 Å². The van der Waals surface area contributed by atoms with E-state index in [0.29, 0.717) is 0 Å². The molecule has 0 aliphatic rings. The summed E-state index contributed by atoms with van der Waals surface area (Å²) in [6, 6.07) is 14.8. The van der Waals surface area contributed by atoms with Crippen molar-refractivity contribution in [2.75, 3.05) is 5.73 Å². The molecule has 0 saturated carbocycles. The van der Waals surface area contributed by atoms with E-state index in [1.807, 2.05) is 28.7 Å². The summed E-state index contributed by atoms with van der Waals surface area (Å²) in [5, 5.41) is 4.09. The maximum absolute atomic E-state index is 5.84. The highest BCUT2D eigenvalue weighted by Gasteiger charge is 2.11. The van der Waals surface area contributed by atoms with Crippen LogP contribution in [0.15, 0.2) is 42.5 Å². The molecule has 0 aliphatic carbocycles. The van der Waals surface area contributed by atoms with Crippen molar-refractivity contribution in [2.45, 2.75) is 0 Å². The lowest BCUT2D eigenvalue weighted by atomic mass is 10.1. The predicted octanol–water partition coefficient (Wildman–Crippen LogP) is 5.27. The first-order valence-corrected chi connectivity index (χ1v) is 7.05. The summed E-state index contributed by atoms with van der Waals surface area (Å²) in [6.45, 7) is 0. The molecular formula is C14H10ClNS2. The summed E-state index contributed by atoms with van der Waals surface area (Å²) in [5.74, 6) is 0. The SMILES string of the molecule is Cl.Nc1ccc2c(c1)sc1sc3ccccc3c12. The van der Waals surface area contributed by atoms with E-state index in [2.05, 4.69) is 36.4 Å². The molecule has 18 heavy (non-hydrogen) atoms. The van der Waals surface area contributed by atoms with Gasteiger partial charge in [-0.15, -0.1) is 35.1 Å². The van der Waals surface area contributed by atoms with Crippen molar-refractivity contribution >= 4 is 70.3 Å². The van der Waals surface area contributed by atoms with E-state index in [0.717, 1.165) is 5.69 Å². The molecule has 0 radical (unpaired) electrons. The zero-order chi connectivity index (χ0) is 11.4. The van der Waals surface area contributed by atoms with Crippen LogP contribution in [0.5, 0.6) is 0 Å². The molecule has 0 amide bonds. The Kier molecular flexibility index (Phi) is 2.70. The topological polar surface area (TPSA) is 26.0 Å². The second-order valence-corrected chi connectivity index (χ2v) is 6.48. The lowest BCUT2D eigenvalue weighted by molar-refractivity contribution is 1.80. The number of thiophene rings is 2. The molecule has 2 aromatic carbocycles. The van der Waals surface area contributed by atoms with Gasteiger partial charge in [-0.05, 0) is 18.2 Å². The highest BCUT2D eigenvalue weighted by molar-refractivity contribution is 7.44. The second-order valence-electron chi connectivity index (χ2n) is 4.12. The van der Waals surface area contributed by atoms with E-state index in [1.54, 1.807) is 0 Å². The molecule has 0 bridgehead atoms. The van der Waals surface area contributed by atoms with Crippen LogP contribution in [0, 0.1) is 0 Å². The van der Waals surface area contributed by atoms with Crippen molar-refractivity contribution in [3.8, 4) is 0 Å². The minimum Gasteiger partial charge on any atom is -0.399 e. The van der Waals surface area contributed by atoms with Crippen LogP contribution in [0.4, 0.5) is 5.69 Å². The Morgan fingerprint density at radius 2 is 1.56 bits per heavy atom. The van der Waals surface area contributed by atoms with Gasteiger partial charge in [0.05, 0.1) is 4.01 Å². The Hall–Kier alpha value is -1.29. The Labute approximate surface area is 118 Å². The molecule has 2 aromatic heterocycles. The van der Waals surface area contributed by atoms with E-state index in [9.17, 15) is 0 Å². The van der Waals surface area contributed by atoms with Gasteiger partial charge >= 0.3 is 0 Å². The average Bonchev–Trinajstić information content (AvgIpc) is 2.83. The quantitative estimate of drug-likeness (QED) is 0.439. The van der Waals surface area contributed by atoms with Gasteiger partial charge in [-0.3, -0.25) is 0 Å². The van der Waals surface area contributed by atoms with Gasteiger partial charge in [0.25, 0.3) is 0 Å². The van der Waals surface area contributed by atoms with Gasteiger partial charge in [0.1, 0.15) is 0 Å². The monoisotopic (exact) mass is 291 g/mol. The van der Waals surface area contributed by atoms with Gasteiger partial charge in [0.2, 0.25) is 0 Å². The largest absolute Gasteiger partial charge is 0.399 e. The fourth-order valence-electron chi connectivity index (χ4n) is 2.28. The first-order chi connectivity index (χ1) is 8.33. The molecule has 0 spiro atoms. The normalized spacial score (nSPS) is 11.1. The van der Waals surface area contributed by atoms with Crippen molar-refractivity contribution < 1.29 is 0 Å². The number of benzene rings is 2. The number of fused-ring (bicyclic) bond motifs is 5. The third kappa shape index (κ3) is 1.52. The second kappa shape index (κ2) is 4.12. The fraction of sp³-hybridized carbons (Fsp3) is 0. The van der Waals surface area contributed by atoms with Crippen LogP contribution >= 0.6 is 35.1 Å². The predicted molar refractivity (Wildman–Crippen MR) is 86.4 cm³/mol. The summed E-state index contributed by atoms with van der Waals surface area (Å²) in [7, 11) is 0. The van der Waals surface area contributed by atoms with Gasteiger partial charge in [-0.2, -0.15) is 0 Å². The molecule has 0 atom stereocenters. The van der Waals surface area contributed by atoms with Gasteiger partial charge in [-0.25, -0.2) is 0 Å². The van der Waals surface area contributed by atoms with Crippen molar-refractivity contribution in [3.05, 3.63) is 42.5 Å². The molecule has 2 heterocycles. The molecule has 0 saturated heterocycles. The number of hydrogen-bond donors (Lipinski definition) is 1. The van der Waals surface area contributed by atoms with E-state index >= 15 is 0 Å². The molecule has 90 valence electrons. The van der Waals surface area contributed by atoms with Crippen LogP contribution in [0.2, 0.25) is 0 Å². The minimum atomic E-state index is 0. The van der Waals surface area contributed by atoms with E-state index in [-0.39, 0.29) is 12.4 Å². The van der Waals surface area contributed by atoms with Gasteiger partial charge in [0, 0.05) is 31.2 Å². The zero-order valence-electron chi connectivity index (χ0n) is 9.34. The summed E-state index contributed by atoms with van der Waals surface area (Å²) in [5.41, 5.74) is 6.68. The third-order valence-corrected chi connectivity index (χ3v) is 5.45. The maximum Gasteiger partial charge on any atom is 0.0890 e. The van der Waals surface area contributed by atoms with Crippen LogP contribution in [-0.2, 0) is 0 Å². The molecule has 0 aliphatic heterocycles. The number of hydrogen-bond acceptors (Lipinski definition) is 3. The van der Waals surface area contributed by atoms with Gasteiger partial charge < -0.3 is 5.73 Å². The smallest absolute Gasteiger partial charge is 0.0890 e. The standard InChI is InChI=1S/C14H9NS2.ClH/c15-8-5-6-10-12(7-8)17-14-13(10)9-3-1-2-4-11(9)16-14;/h1-7H,15H2;1H. The molecule has 4 rings (SSSR count). The number of rotatable bonds is 0. The summed E-state index contributed by atoms with van der Waals surface area (Å²) < 4.78 is 4.05. The molecule has 2 N–H and O–H groups in total. The third-order valence-electron chi connectivity index (χ3n) is 3.04. The molecule has 0 fully saturated rings. The molecule has 4 heteroatoms. The average molecular weight is 292 g/mol. The Balaban J connectivity index is 0.000001000. The van der Waals surface area contributed by atoms with Crippen molar-refractivity contribution in [1.29, 1.82) is 0 Å². The maximum atomic E-state index is 5.84. The number of anilines is 1. The Bertz CT molecular complexity index is 860. The van der Waals surface area contributed by atoms with Crippen LogP contribution in [0.3, 0.4) is 0 Å². The Morgan fingerprint density at radius 1 is 0.833 bits per heavy atom. The number of nitrogens with two attached hydrogens (primary N) is 1. The summed E-state index contributed by atoms with van der Waals surface area (Å²) in [4.78, 5) is 0. The van der Waals surface area contributed by atoms with Crippen LogP contribution in [0.1, 0.15) is 0 Å². The summed E-state index contributed by atoms with van der Waals surface area (Å²) in [6.07, 6.45) is 0. The zero-order valence-corrected chi connectivity index (χ0v) is 11.8. The van der Waals surface area contributed by atoms with Crippen molar-refractivity contribution in [1.82, 2.24) is 0 Å². The van der Waals surface area contributed by atoms with E-state index in [1.165, 1.54) is 29.6 Å².